The molecule has 0 fully saturated rings. The second-order valence-electron chi connectivity index (χ2n) is 11.4. The Kier molecular flexibility index (Phi) is 6.30. The van der Waals surface area contributed by atoms with E-state index in [2.05, 4.69) is 0 Å². The van der Waals surface area contributed by atoms with Crippen LogP contribution >= 0.6 is 0 Å². The molecule has 0 amide bonds. The summed E-state index contributed by atoms with van der Waals surface area (Å²) in [4.78, 5) is 41.4. The highest BCUT2D eigenvalue weighted by atomic mass is 16.6. The van der Waals surface area contributed by atoms with Gasteiger partial charge in [0.1, 0.15) is 6.10 Å². The number of rotatable bonds is 1. The molecule has 17 heteroatoms. The first kappa shape index (κ1) is 30.2. The molecule has 7 rings (SSSR count). The fraction of sp³-hybridized carbons (Fsp3) is 0.276. The predicted octanol–water partition coefficient (Wildman–Crippen LogP) is 0.619. The number of phenols is 9. The Labute approximate surface area is 255 Å². The zero-order valence-electron chi connectivity index (χ0n) is 23.5. The first-order chi connectivity index (χ1) is 21.5. The monoisotopic (exact) mass is 644 g/mol. The summed E-state index contributed by atoms with van der Waals surface area (Å²) >= 11 is 0. The minimum atomic E-state index is -2.27. The van der Waals surface area contributed by atoms with E-state index in [0.717, 1.165) is 0 Å². The average molecular weight is 644 g/mol. The van der Waals surface area contributed by atoms with Gasteiger partial charge in [0.25, 0.3) is 0 Å². The van der Waals surface area contributed by atoms with Gasteiger partial charge in [0.05, 0.1) is 23.3 Å². The Bertz CT molecular complexity index is 1930. The largest absolute Gasteiger partial charge is 0.504 e. The van der Waals surface area contributed by atoms with Crippen molar-refractivity contribution in [1.29, 1.82) is 0 Å². The summed E-state index contributed by atoms with van der Waals surface area (Å²) in [5, 5.41) is 119. The van der Waals surface area contributed by atoms with Crippen molar-refractivity contribution in [3.8, 4) is 74.0 Å². The molecule has 3 aromatic rings. The smallest absolute Gasteiger partial charge is 0.340 e. The summed E-state index contributed by atoms with van der Waals surface area (Å²) in [6.45, 7) is 1.42. The minimum Gasteiger partial charge on any atom is -0.504 e. The number of benzene rings is 3. The second kappa shape index (κ2) is 9.59. The van der Waals surface area contributed by atoms with Crippen LogP contribution in [0.5, 0.6) is 51.7 Å². The molecule has 46 heavy (non-hydrogen) atoms. The second-order valence-corrected chi connectivity index (χ2v) is 11.4. The van der Waals surface area contributed by atoms with E-state index in [-0.39, 0.29) is 0 Å². The maximum absolute atomic E-state index is 14.2. The molecule has 4 atom stereocenters. The molecule has 0 saturated carbocycles. The highest BCUT2D eigenvalue weighted by Crippen LogP contribution is 2.62. The number of hydrogen-bond donors (Lipinski definition) is 11. The quantitative estimate of drug-likeness (QED) is 0.0982. The predicted molar refractivity (Wildman–Crippen MR) is 146 cm³/mol. The summed E-state index contributed by atoms with van der Waals surface area (Å²) in [6.07, 6.45) is -8.24. The number of hydrogen-bond acceptors (Lipinski definition) is 17. The standard InChI is InChI=1S/C29H24O17/c1-29(2)14-13-11(20(37)23(40)21(14)38)10-12-9(18(35)22(39)19(10)36)8-5(3-6(31)15(32)17(8)34)26(41)44-7(4-30)16(33)24(45-27(12)42)25(29)46-28(13)43/h3,7,16,24-25,30-40H,4H2,1-2H3. The number of ether oxygens (including phenoxy) is 3. The van der Waals surface area contributed by atoms with Crippen LogP contribution in [0.15, 0.2) is 6.07 Å². The number of carbonyl (C=O) groups is 3. The molecule has 6 bridgehead atoms. The van der Waals surface area contributed by atoms with E-state index >= 15 is 0 Å². The van der Waals surface area contributed by atoms with Crippen LogP contribution in [0.4, 0.5) is 0 Å². The van der Waals surface area contributed by atoms with Crippen LogP contribution in [0.3, 0.4) is 0 Å². The number of aliphatic hydroxyl groups is 2. The van der Waals surface area contributed by atoms with Crippen molar-refractivity contribution in [3.63, 3.8) is 0 Å². The molecule has 0 spiro atoms. The van der Waals surface area contributed by atoms with E-state index < -0.39 is 151 Å². The summed E-state index contributed by atoms with van der Waals surface area (Å²) in [5.74, 6) is -16.7. The number of aromatic hydroxyl groups is 9. The van der Waals surface area contributed by atoms with E-state index in [1.165, 1.54) is 13.8 Å². The van der Waals surface area contributed by atoms with Gasteiger partial charge >= 0.3 is 17.9 Å². The molecule has 4 aliphatic rings. The fourth-order valence-electron chi connectivity index (χ4n) is 6.31. The van der Waals surface area contributed by atoms with E-state index in [9.17, 15) is 70.6 Å². The third-order valence-corrected chi connectivity index (χ3v) is 8.51. The van der Waals surface area contributed by atoms with Gasteiger partial charge in [0.15, 0.2) is 52.8 Å². The molecular formula is C29H24O17. The maximum Gasteiger partial charge on any atom is 0.340 e. The van der Waals surface area contributed by atoms with Gasteiger partial charge in [-0.1, -0.05) is 13.8 Å². The van der Waals surface area contributed by atoms with Gasteiger partial charge in [-0.25, -0.2) is 14.4 Å². The van der Waals surface area contributed by atoms with E-state index in [1.54, 1.807) is 0 Å². The van der Waals surface area contributed by atoms with Crippen LogP contribution in [0.2, 0.25) is 0 Å². The lowest BCUT2D eigenvalue weighted by Crippen LogP contribution is -2.58. The Balaban J connectivity index is 1.96. The number of cyclic esters (lactones) is 1. The Morgan fingerprint density at radius 3 is 1.70 bits per heavy atom. The normalized spacial score (nSPS) is 22.7. The molecule has 0 radical (unpaired) electrons. The number of esters is 3. The third kappa shape index (κ3) is 3.66. The molecule has 4 heterocycles. The van der Waals surface area contributed by atoms with Crippen molar-refractivity contribution in [1.82, 2.24) is 0 Å². The highest BCUT2D eigenvalue weighted by Gasteiger charge is 2.56. The van der Waals surface area contributed by atoms with E-state index in [1.807, 2.05) is 0 Å². The minimum absolute atomic E-state index is 0.480. The van der Waals surface area contributed by atoms with Crippen molar-refractivity contribution in [2.45, 2.75) is 43.7 Å². The molecule has 0 aromatic heterocycles. The van der Waals surface area contributed by atoms with Crippen LogP contribution in [0, 0.1) is 0 Å². The van der Waals surface area contributed by atoms with Gasteiger partial charge in [-0.05, 0) is 6.07 Å². The van der Waals surface area contributed by atoms with Gasteiger partial charge in [-0.2, -0.15) is 0 Å². The van der Waals surface area contributed by atoms with Gasteiger partial charge in [-0.3, -0.25) is 0 Å². The lowest BCUT2D eigenvalue weighted by molar-refractivity contribution is -0.141. The van der Waals surface area contributed by atoms with Crippen molar-refractivity contribution >= 4 is 17.9 Å². The zero-order chi connectivity index (χ0) is 33.9. The lowest BCUT2D eigenvalue weighted by atomic mass is 9.69. The van der Waals surface area contributed by atoms with Crippen LogP contribution in [0.25, 0.3) is 22.3 Å². The summed E-state index contributed by atoms with van der Waals surface area (Å²) in [6, 6.07) is 0.503. The average Bonchev–Trinajstić information content (AvgIpc) is 3.01. The topological polar surface area (TPSA) is 301 Å². The van der Waals surface area contributed by atoms with Crippen LogP contribution < -0.4 is 0 Å². The fourth-order valence-corrected chi connectivity index (χ4v) is 6.31. The number of aliphatic hydroxyl groups excluding tert-OH is 2. The lowest BCUT2D eigenvalue weighted by Gasteiger charge is -2.45. The number of carbonyl (C=O) groups excluding carboxylic acids is 3. The molecule has 0 saturated heterocycles. The Morgan fingerprint density at radius 1 is 0.609 bits per heavy atom. The maximum atomic E-state index is 14.2. The van der Waals surface area contributed by atoms with Crippen LogP contribution in [-0.2, 0) is 19.6 Å². The number of phenolic OH excluding ortho intramolecular Hbond substituents is 9. The molecule has 11 N–H and O–H groups in total. The van der Waals surface area contributed by atoms with Gasteiger partial charge in [0, 0.05) is 33.2 Å². The molecule has 4 aliphatic heterocycles. The van der Waals surface area contributed by atoms with Gasteiger partial charge in [0.2, 0.25) is 17.2 Å². The molecule has 17 nitrogen and oxygen atoms in total. The van der Waals surface area contributed by atoms with Crippen molar-refractivity contribution < 1.29 is 84.8 Å². The van der Waals surface area contributed by atoms with E-state index in [0.29, 0.717) is 6.07 Å². The summed E-state index contributed by atoms with van der Waals surface area (Å²) in [7, 11) is 0. The third-order valence-electron chi connectivity index (χ3n) is 8.51. The van der Waals surface area contributed by atoms with Crippen molar-refractivity contribution in [2.75, 3.05) is 6.61 Å². The van der Waals surface area contributed by atoms with Crippen LogP contribution in [-0.4, -0.2) is 105 Å². The molecule has 3 aromatic carbocycles. The first-order valence-corrected chi connectivity index (χ1v) is 13.3. The Hall–Kier alpha value is -5.81. The van der Waals surface area contributed by atoms with Crippen LogP contribution in [0.1, 0.15) is 50.5 Å². The molecule has 242 valence electrons. The van der Waals surface area contributed by atoms with Crippen molar-refractivity contribution in [2.24, 2.45) is 0 Å². The van der Waals surface area contributed by atoms with Gasteiger partial charge in [-0.15, -0.1) is 0 Å². The molecule has 0 aliphatic carbocycles. The van der Waals surface area contributed by atoms with Gasteiger partial charge < -0.3 is 70.4 Å². The summed E-state index contributed by atoms with van der Waals surface area (Å²) in [5.41, 5.74) is -9.36. The highest BCUT2D eigenvalue weighted by molar-refractivity contribution is 6.16. The van der Waals surface area contributed by atoms with Crippen molar-refractivity contribution in [3.05, 3.63) is 28.3 Å². The summed E-state index contributed by atoms with van der Waals surface area (Å²) < 4.78 is 16.4. The molecular weight excluding hydrogens is 620 g/mol. The van der Waals surface area contributed by atoms with E-state index in [4.69, 9.17) is 14.2 Å². The Morgan fingerprint density at radius 2 is 1.11 bits per heavy atom. The SMILES string of the molecule is CC1(C)c2c(O)c(O)c(O)c3c2C(=O)OC1C1OC(=O)c2c(c(O)c(O)c(O)c2-3)-c2c(cc(O)c(O)c2O)C(=O)OC(CO)C1O. The molecule has 4 unspecified atom stereocenters. The first-order valence-electron chi connectivity index (χ1n) is 13.3. The number of fused-ring (bicyclic) bond motifs is 3. The zero-order valence-corrected chi connectivity index (χ0v) is 23.5.